The number of rotatable bonds is 7. The molecule has 0 unspecified atom stereocenters. The Labute approximate surface area is 259 Å². The number of amides is 1. The van der Waals surface area contributed by atoms with E-state index in [9.17, 15) is 26.4 Å². The zero-order valence-electron chi connectivity index (χ0n) is 22.9. The fraction of sp³-hybridized carbons (Fsp3) is 0.214. The highest BCUT2D eigenvalue weighted by Gasteiger charge is 2.29. The molecular weight excluding hydrogens is 639 g/mol. The molecule has 1 aliphatic rings. The Kier molecular flexibility index (Phi) is 9.58. The first-order chi connectivity index (χ1) is 20.1. The third-order valence-electron chi connectivity index (χ3n) is 6.59. The number of carbonyl (C=O) groups is 2. The summed E-state index contributed by atoms with van der Waals surface area (Å²) in [5, 5.41) is 12.4. The summed E-state index contributed by atoms with van der Waals surface area (Å²) in [6, 6.07) is 14.8. The number of carboxylic acids is 1. The lowest BCUT2D eigenvalue weighted by molar-refractivity contribution is -0.130. The summed E-state index contributed by atoms with van der Waals surface area (Å²) in [7, 11) is -6.30. The number of hydrogen-bond acceptors (Lipinski definition) is 7. The number of carboxylic acid groups (broad SMARTS) is 1. The summed E-state index contributed by atoms with van der Waals surface area (Å²) in [5.41, 5.74) is 1.19. The molecule has 0 saturated carbocycles. The number of halogens is 2. The van der Waals surface area contributed by atoms with Crippen molar-refractivity contribution in [3.8, 4) is 11.8 Å². The predicted octanol–water partition coefficient (Wildman–Crippen LogP) is 3.59. The van der Waals surface area contributed by atoms with Crippen LogP contribution in [0.3, 0.4) is 0 Å². The molecule has 3 aromatic rings. The number of carbonyl (C=O) groups excluding carboxylic acids is 1. The summed E-state index contributed by atoms with van der Waals surface area (Å²) in [5.74, 6) is 2.26. The molecule has 0 spiro atoms. The van der Waals surface area contributed by atoms with Gasteiger partial charge in [-0.25, -0.2) is 21.6 Å². The predicted molar refractivity (Wildman–Crippen MR) is 166 cm³/mol. The number of hydrogen-bond donors (Lipinski definition) is 2. The molecule has 2 N–H and O–H groups in total. The molecule has 43 heavy (non-hydrogen) atoms. The first-order valence-corrected chi connectivity index (χ1v) is 16.6. The Balaban J connectivity index is 1.50. The second kappa shape index (κ2) is 12.8. The highest BCUT2D eigenvalue weighted by Crippen LogP contribution is 2.28. The summed E-state index contributed by atoms with van der Waals surface area (Å²) >= 11 is 12.2. The topological polar surface area (TPSA) is 144 Å². The number of sulfonamides is 2. The Morgan fingerprint density at radius 3 is 2.07 bits per heavy atom. The molecular formula is C28H26Cl2N4O7S2. The molecule has 226 valence electrons. The van der Waals surface area contributed by atoms with E-state index in [1.54, 1.807) is 18.2 Å². The van der Waals surface area contributed by atoms with Crippen molar-refractivity contribution in [3.05, 3.63) is 81.8 Å². The lowest BCUT2D eigenvalue weighted by Gasteiger charge is -2.35. The van der Waals surface area contributed by atoms with E-state index in [0.717, 1.165) is 16.2 Å². The number of nitrogens with one attached hydrogen (secondary N) is 1. The number of anilines is 3. The second-order valence-corrected chi connectivity index (χ2v) is 14.3. The first-order valence-electron chi connectivity index (χ1n) is 12.6. The van der Waals surface area contributed by atoms with Gasteiger partial charge >= 0.3 is 5.97 Å². The molecule has 1 aliphatic heterocycles. The van der Waals surface area contributed by atoms with Crippen LogP contribution >= 0.6 is 23.2 Å². The molecule has 1 fully saturated rings. The monoisotopic (exact) mass is 664 g/mol. The highest BCUT2D eigenvalue weighted by atomic mass is 35.5. The van der Waals surface area contributed by atoms with E-state index in [1.807, 2.05) is 10.8 Å². The maximum atomic E-state index is 13.3. The van der Waals surface area contributed by atoms with Crippen LogP contribution < -0.4 is 14.5 Å². The number of aliphatic carboxylic acids is 1. The molecule has 4 rings (SSSR count). The summed E-state index contributed by atoms with van der Waals surface area (Å²) in [6.07, 6.45) is 0.971. The molecule has 15 heteroatoms. The lowest BCUT2D eigenvalue weighted by Crippen LogP contribution is -2.48. The zero-order valence-corrected chi connectivity index (χ0v) is 26.1. The zero-order chi connectivity index (χ0) is 31.5. The number of benzene rings is 3. The third kappa shape index (κ3) is 7.78. The normalized spacial score (nSPS) is 14.0. The van der Waals surface area contributed by atoms with Gasteiger partial charge in [-0.15, -0.1) is 0 Å². The Morgan fingerprint density at radius 2 is 1.51 bits per heavy atom. The molecule has 3 aromatic carbocycles. The average molecular weight is 666 g/mol. The minimum atomic E-state index is -3.83. The molecule has 0 atom stereocenters. The van der Waals surface area contributed by atoms with Gasteiger partial charge < -0.3 is 15.3 Å². The van der Waals surface area contributed by atoms with Crippen LogP contribution in [0.5, 0.6) is 0 Å². The molecule has 1 saturated heterocycles. The number of nitrogens with zero attached hydrogens (tertiary/aromatic N) is 3. The van der Waals surface area contributed by atoms with Gasteiger partial charge in [-0.05, 0) is 60.7 Å². The van der Waals surface area contributed by atoms with Gasteiger partial charge in [-0.3, -0.25) is 9.10 Å². The van der Waals surface area contributed by atoms with Gasteiger partial charge in [0.1, 0.15) is 0 Å². The molecule has 1 amide bonds. The van der Waals surface area contributed by atoms with Crippen molar-refractivity contribution in [2.75, 3.05) is 54.0 Å². The van der Waals surface area contributed by atoms with Crippen molar-refractivity contribution >= 4 is 72.2 Å². The van der Waals surface area contributed by atoms with Crippen LogP contribution in [0.25, 0.3) is 0 Å². The summed E-state index contributed by atoms with van der Waals surface area (Å²) in [6.45, 7) is 1.35. The molecule has 11 nitrogen and oxygen atoms in total. The van der Waals surface area contributed by atoms with Crippen LogP contribution in [-0.4, -0.2) is 77.6 Å². The van der Waals surface area contributed by atoms with Gasteiger partial charge in [-0.1, -0.05) is 29.1 Å². The van der Waals surface area contributed by atoms with Crippen LogP contribution in [0, 0.1) is 11.8 Å². The van der Waals surface area contributed by atoms with Crippen LogP contribution in [0.2, 0.25) is 10.0 Å². The van der Waals surface area contributed by atoms with Gasteiger partial charge in [0.15, 0.2) is 0 Å². The van der Waals surface area contributed by atoms with Crippen LogP contribution in [0.15, 0.2) is 65.6 Å². The minimum Gasteiger partial charge on any atom is -0.472 e. The molecule has 1 heterocycles. The third-order valence-corrected chi connectivity index (χ3v) is 10.1. The Bertz CT molecular complexity index is 1830. The quantitative estimate of drug-likeness (QED) is 0.365. The Morgan fingerprint density at radius 1 is 0.907 bits per heavy atom. The van der Waals surface area contributed by atoms with Crippen molar-refractivity contribution < 1.29 is 31.5 Å². The van der Waals surface area contributed by atoms with Gasteiger partial charge in [0, 0.05) is 66.1 Å². The molecule has 0 aliphatic carbocycles. The largest absolute Gasteiger partial charge is 0.472 e. The summed E-state index contributed by atoms with van der Waals surface area (Å²) < 4.78 is 53.2. The van der Waals surface area contributed by atoms with Crippen molar-refractivity contribution in [1.29, 1.82) is 0 Å². The van der Waals surface area contributed by atoms with E-state index < -0.39 is 31.9 Å². The van der Waals surface area contributed by atoms with E-state index in [2.05, 4.69) is 11.2 Å². The Hall–Kier alpha value is -3.80. The van der Waals surface area contributed by atoms with Gasteiger partial charge in [0.2, 0.25) is 20.0 Å². The SMILES string of the molecule is CN(c1ccc(C#CC(=O)O)cc1C(=O)Nc1ccc(S(=O)(=O)N2CCN(c3cc(Cl)cc(Cl)c3)CC2)cc1)S(C)(=O)=O. The lowest BCUT2D eigenvalue weighted by atomic mass is 10.1. The smallest absolute Gasteiger partial charge is 0.382 e. The van der Waals surface area contributed by atoms with Crippen molar-refractivity contribution in [3.63, 3.8) is 0 Å². The fourth-order valence-corrected chi connectivity index (χ4v) is 6.79. The fourth-order valence-electron chi connectivity index (χ4n) is 4.34. The van der Waals surface area contributed by atoms with Crippen molar-refractivity contribution in [1.82, 2.24) is 4.31 Å². The maximum Gasteiger partial charge on any atom is 0.382 e. The van der Waals surface area contributed by atoms with E-state index >= 15 is 0 Å². The van der Waals surface area contributed by atoms with Crippen molar-refractivity contribution in [2.45, 2.75) is 4.90 Å². The highest BCUT2D eigenvalue weighted by molar-refractivity contribution is 7.92. The first kappa shape index (κ1) is 32.1. The maximum absolute atomic E-state index is 13.3. The van der Waals surface area contributed by atoms with E-state index in [-0.39, 0.29) is 40.5 Å². The number of piperazine rings is 1. The van der Waals surface area contributed by atoms with Crippen LogP contribution in [0.4, 0.5) is 17.1 Å². The molecule has 0 aromatic heterocycles. The van der Waals surface area contributed by atoms with Gasteiger partial charge in [0.25, 0.3) is 5.91 Å². The summed E-state index contributed by atoms with van der Waals surface area (Å²) in [4.78, 5) is 26.1. The second-order valence-electron chi connectivity index (χ2n) is 9.51. The molecule has 0 radical (unpaired) electrons. The average Bonchev–Trinajstić information content (AvgIpc) is 2.95. The van der Waals surface area contributed by atoms with Gasteiger partial charge in [0.05, 0.1) is 22.4 Å². The van der Waals surface area contributed by atoms with Crippen LogP contribution in [0.1, 0.15) is 15.9 Å². The van der Waals surface area contributed by atoms with Crippen LogP contribution in [-0.2, 0) is 24.8 Å². The van der Waals surface area contributed by atoms with E-state index in [1.165, 1.54) is 53.8 Å². The van der Waals surface area contributed by atoms with Crippen molar-refractivity contribution in [2.24, 2.45) is 0 Å². The van der Waals surface area contributed by atoms with E-state index in [4.69, 9.17) is 28.3 Å². The van der Waals surface area contributed by atoms with E-state index in [0.29, 0.717) is 23.1 Å². The van der Waals surface area contributed by atoms with Gasteiger partial charge in [-0.2, -0.15) is 4.31 Å². The standard InChI is InChI=1S/C28H26Cl2N4O7S2/c1-32(42(2,38)39)26-9-3-19(4-10-27(35)36)15-25(26)28(37)31-22-5-7-24(8-6-22)43(40,41)34-13-11-33(12-14-34)23-17-20(29)16-21(30)18-23/h3,5-9,15-18H,11-14H2,1-2H3,(H,31,37)(H,35,36). The molecule has 0 bridgehead atoms. The minimum absolute atomic E-state index is 0.0354.